The first-order chi connectivity index (χ1) is 11.1. The first-order valence-corrected chi connectivity index (χ1v) is 8.73. The van der Waals surface area contributed by atoms with Crippen LogP contribution in [0.15, 0.2) is 52.1 Å². The van der Waals surface area contributed by atoms with Gasteiger partial charge in [0, 0.05) is 15.6 Å². The van der Waals surface area contributed by atoms with Crippen LogP contribution in [0.3, 0.4) is 0 Å². The molecule has 7 heteroatoms. The molecule has 5 nitrogen and oxygen atoms in total. The van der Waals surface area contributed by atoms with E-state index < -0.39 is 0 Å². The van der Waals surface area contributed by atoms with E-state index >= 15 is 0 Å². The van der Waals surface area contributed by atoms with Crippen LogP contribution in [0.5, 0.6) is 5.75 Å². The standard InChI is InChI=1S/C16H13BrN4OS/c1-9-2-4-10(5-3-9)14-18-19-16-21(14)20-15(23-16)12-8-11(17)6-7-13(12)22/h2-8,15,20,22H,1H3/t15-/m0/s1. The molecular formula is C16H13BrN4OS. The second kappa shape index (κ2) is 5.58. The summed E-state index contributed by atoms with van der Waals surface area (Å²) in [6.07, 6.45) is 0. The predicted octanol–water partition coefficient (Wildman–Crippen LogP) is 4.07. The van der Waals surface area contributed by atoms with Gasteiger partial charge in [0.25, 0.3) is 0 Å². The van der Waals surface area contributed by atoms with Crippen molar-refractivity contribution in [3.63, 3.8) is 0 Å². The molecule has 1 aliphatic heterocycles. The normalized spacial score (nSPS) is 16.2. The van der Waals surface area contributed by atoms with Gasteiger partial charge in [0.15, 0.2) is 5.82 Å². The van der Waals surface area contributed by atoms with E-state index in [4.69, 9.17) is 0 Å². The van der Waals surface area contributed by atoms with Crippen LogP contribution in [-0.2, 0) is 0 Å². The quantitative estimate of drug-likeness (QED) is 0.692. The van der Waals surface area contributed by atoms with Crippen molar-refractivity contribution >= 4 is 27.7 Å². The van der Waals surface area contributed by atoms with E-state index in [1.165, 1.54) is 17.3 Å². The number of aromatic hydroxyl groups is 1. The van der Waals surface area contributed by atoms with Crippen LogP contribution in [0.1, 0.15) is 16.5 Å². The lowest BCUT2D eigenvalue weighted by Gasteiger charge is -2.14. The molecule has 0 aliphatic carbocycles. The minimum atomic E-state index is -0.109. The average Bonchev–Trinajstić information content (AvgIpc) is 3.11. The molecule has 2 N–H and O–H groups in total. The van der Waals surface area contributed by atoms with Crippen molar-refractivity contribution < 1.29 is 5.11 Å². The number of phenols is 1. The molecule has 2 aromatic carbocycles. The highest BCUT2D eigenvalue weighted by atomic mass is 79.9. The molecule has 4 rings (SSSR count). The van der Waals surface area contributed by atoms with Crippen molar-refractivity contribution in [2.75, 3.05) is 5.43 Å². The van der Waals surface area contributed by atoms with Crippen molar-refractivity contribution in [2.45, 2.75) is 17.5 Å². The van der Waals surface area contributed by atoms with Gasteiger partial charge in [-0.05, 0) is 25.1 Å². The van der Waals surface area contributed by atoms with Crippen LogP contribution < -0.4 is 5.43 Å². The monoisotopic (exact) mass is 388 g/mol. The van der Waals surface area contributed by atoms with Gasteiger partial charge >= 0.3 is 0 Å². The van der Waals surface area contributed by atoms with E-state index in [-0.39, 0.29) is 11.1 Å². The van der Waals surface area contributed by atoms with Gasteiger partial charge in [-0.1, -0.05) is 57.5 Å². The highest BCUT2D eigenvalue weighted by molar-refractivity contribution is 9.10. The maximum absolute atomic E-state index is 10.1. The van der Waals surface area contributed by atoms with Gasteiger partial charge in [-0.25, -0.2) is 4.68 Å². The number of hydrogen-bond acceptors (Lipinski definition) is 5. The Labute approximate surface area is 145 Å². The van der Waals surface area contributed by atoms with Gasteiger partial charge in [-0.3, -0.25) is 0 Å². The van der Waals surface area contributed by atoms with Gasteiger partial charge in [0.2, 0.25) is 5.16 Å². The molecule has 0 saturated heterocycles. The number of nitrogens with zero attached hydrogens (tertiary/aromatic N) is 3. The zero-order valence-electron chi connectivity index (χ0n) is 12.2. The van der Waals surface area contributed by atoms with Gasteiger partial charge in [-0.2, -0.15) is 0 Å². The van der Waals surface area contributed by atoms with E-state index in [0.717, 1.165) is 26.6 Å². The highest BCUT2D eigenvalue weighted by Gasteiger charge is 2.29. The second-order valence-corrected chi connectivity index (χ2v) is 7.33. The Kier molecular flexibility index (Phi) is 3.54. The molecule has 23 heavy (non-hydrogen) atoms. The second-order valence-electron chi connectivity index (χ2n) is 5.34. The zero-order chi connectivity index (χ0) is 16.0. The lowest BCUT2D eigenvalue weighted by Crippen LogP contribution is -2.14. The van der Waals surface area contributed by atoms with Crippen LogP contribution in [0.2, 0.25) is 0 Å². The van der Waals surface area contributed by atoms with Crippen molar-refractivity contribution in [3.05, 3.63) is 58.1 Å². The van der Waals surface area contributed by atoms with Gasteiger partial charge < -0.3 is 10.5 Å². The first kappa shape index (κ1) is 14.6. The fraction of sp³-hybridized carbons (Fsp3) is 0.125. The largest absolute Gasteiger partial charge is 0.508 e. The molecular weight excluding hydrogens is 376 g/mol. The molecule has 0 spiro atoms. The average molecular weight is 389 g/mol. The Bertz CT molecular complexity index is 878. The van der Waals surface area contributed by atoms with Crippen molar-refractivity contribution in [2.24, 2.45) is 0 Å². The van der Waals surface area contributed by atoms with Crippen molar-refractivity contribution in [3.8, 4) is 17.1 Å². The Balaban J connectivity index is 1.68. The fourth-order valence-corrected chi connectivity index (χ4v) is 3.87. The molecule has 1 aliphatic rings. The molecule has 0 saturated carbocycles. The van der Waals surface area contributed by atoms with Crippen LogP contribution in [0.25, 0.3) is 11.4 Å². The molecule has 1 atom stereocenters. The number of thioether (sulfide) groups is 1. The molecule has 1 aromatic heterocycles. The SMILES string of the molecule is Cc1ccc(-c2nnc3n2N[C@H](c2cc(Br)ccc2O)S3)cc1. The number of nitrogens with one attached hydrogen (secondary N) is 1. The van der Waals surface area contributed by atoms with Crippen LogP contribution in [0, 0.1) is 6.92 Å². The number of halogens is 1. The molecule has 0 bridgehead atoms. The van der Waals surface area contributed by atoms with Crippen LogP contribution >= 0.6 is 27.7 Å². The fourth-order valence-electron chi connectivity index (χ4n) is 2.47. The number of aryl methyl sites for hydroxylation is 1. The Morgan fingerprint density at radius 2 is 1.96 bits per heavy atom. The Morgan fingerprint density at radius 3 is 2.74 bits per heavy atom. The first-order valence-electron chi connectivity index (χ1n) is 7.06. The summed E-state index contributed by atoms with van der Waals surface area (Å²) < 4.78 is 2.80. The summed E-state index contributed by atoms with van der Waals surface area (Å²) in [6.45, 7) is 2.05. The van der Waals surface area contributed by atoms with E-state index in [1.54, 1.807) is 6.07 Å². The molecule has 0 unspecified atom stereocenters. The summed E-state index contributed by atoms with van der Waals surface area (Å²) in [7, 11) is 0. The maximum Gasteiger partial charge on any atom is 0.212 e. The third kappa shape index (κ3) is 2.60. The molecule has 0 radical (unpaired) electrons. The smallest absolute Gasteiger partial charge is 0.212 e. The van der Waals surface area contributed by atoms with Crippen LogP contribution in [-0.4, -0.2) is 20.0 Å². The summed E-state index contributed by atoms with van der Waals surface area (Å²) in [5.74, 6) is 1.03. The Hall–Kier alpha value is -1.99. The number of aromatic nitrogens is 3. The van der Waals surface area contributed by atoms with Crippen molar-refractivity contribution in [1.29, 1.82) is 0 Å². The predicted molar refractivity (Wildman–Crippen MR) is 94.0 cm³/mol. The lowest BCUT2D eigenvalue weighted by molar-refractivity contribution is 0.468. The van der Waals surface area contributed by atoms with Gasteiger partial charge in [-0.15, -0.1) is 10.2 Å². The minimum Gasteiger partial charge on any atom is -0.508 e. The van der Waals surface area contributed by atoms with E-state index in [1.807, 2.05) is 28.9 Å². The third-order valence-electron chi connectivity index (χ3n) is 3.68. The topological polar surface area (TPSA) is 63.0 Å². The molecule has 0 fully saturated rings. The molecule has 0 amide bonds. The van der Waals surface area contributed by atoms with E-state index in [0.29, 0.717) is 0 Å². The number of phenolic OH excluding ortho intramolecular Hbond substituents is 1. The van der Waals surface area contributed by atoms with E-state index in [9.17, 15) is 5.11 Å². The summed E-state index contributed by atoms with van der Waals surface area (Å²) in [4.78, 5) is 0. The molecule has 3 aromatic rings. The highest BCUT2D eigenvalue weighted by Crippen LogP contribution is 2.43. The lowest BCUT2D eigenvalue weighted by atomic mass is 10.1. The third-order valence-corrected chi connectivity index (χ3v) is 5.25. The number of benzene rings is 2. The summed E-state index contributed by atoms with van der Waals surface area (Å²) in [6, 6.07) is 13.6. The number of hydrogen-bond donors (Lipinski definition) is 2. The molecule has 116 valence electrons. The summed E-state index contributed by atoms with van der Waals surface area (Å²) >= 11 is 4.97. The maximum atomic E-state index is 10.1. The number of fused-ring (bicyclic) bond motifs is 1. The van der Waals surface area contributed by atoms with Gasteiger partial charge in [0.1, 0.15) is 11.1 Å². The van der Waals surface area contributed by atoms with Crippen molar-refractivity contribution in [1.82, 2.24) is 14.9 Å². The Morgan fingerprint density at radius 1 is 1.17 bits per heavy atom. The summed E-state index contributed by atoms with van der Waals surface area (Å²) in [5, 5.41) is 19.3. The summed E-state index contributed by atoms with van der Waals surface area (Å²) in [5.41, 5.74) is 6.37. The van der Waals surface area contributed by atoms with Gasteiger partial charge in [0.05, 0.1) is 0 Å². The van der Waals surface area contributed by atoms with Crippen LogP contribution in [0.4, 0.5) is 0 Å². The van der Waals surface area contributed by atoms with E-state index in [2.05, 4.69) is 50.6 Å². The zero-order valence-corrected chi connectivity index (χ0v) is 14.6. The number of rotatable bonds is 2. The molecule has 2 heterocycles. The minimum absolute atomic E-state index is 0.109.